The van der Waals surface area contributed by atoms with E-state index in [1.165, 1.54) is 12.8 Å². The molecule has 2 aliphatic rings. The molecule has 1 aromatic rings. The number of aliphatic hydroxyl groups excluding tert-OH is 1. The summed E-state index contributed by atoms with van der Waals surface area (Å²) in [6, 6.07) is 4.36. The fourth-order valence-electron chi connectivity index (χ4n) is 2.82. The van der Waals surface area contributed by atoms with Gasteiger partial charge in [0.2, 0.25) is 0 Å². The first-order chi connectivity index (χ1) is 8.74. The molecule has 0 spiro atoms. The number of hydrogen-bond acceptors (Lipinski definition) is 2. The predicted octanol–water partition coefficient (Wildman–Crippen LogP) is 1.71. The van der Waals surface area contributed by atoms with Crippen LogP contribution in [0.15, 0.2) is 18.3 Å². The van der Waals surface area contributed by atoms with Crippen LogP contribution in [0, 0.1) is 5.92 Å². The second-order valence-corrected chi connectivity index (χ2v) is 5.57. The summed E-state index contributed by atoms with van der Waals surface area (Å²) in [7, 11) is 0. The van der Waals surface area contributed by atoms with Gasteiger partial charge in [-0.1, -0.05) is 0 Å². The number of aromatic nitrogens is 1. The van der Waals surface area contributed by atoms with Gasteiger partial charge in [0.05, 0.1) is 6.10 Å². The van der Waals surface area contributed by atoms with Crippen LogP contribution in [0.1, 0.15) is 48.6 Å². The molecule has 1 heterocycles. The van der Waals surface area contributed by atoms with E-state index in [4.69, 9.17) is 0 Å². The molecule has 2 atom stereocenters. The van der Waals surface area contributed by atoms with Crippen molar-refractivity contribution >= 4 is 5.91 Å². The Morgan fingerprint density at radius 2 is 2.22 bits per heavy atom. The summed E-state index contributed by atoms with van der Waals surface area (Å²) in [6.07, 6.45) is 6.91. The number of amides is 1. The molecule has 0 aliphatic heterocycles. The zero-order valence-electron chi connectivity index (χ0n) is 10.5. The van der Waals surface area contributed by atoms with E-state index < -0.39 is 0 Å². The molecule has 2 N–H and O–H groups in total. The second kappa shape index (κ2) is 4.76. The summed E-state index contributed by atoms with van der Waals surface area (Å²) in [6.45, 7) is 0.686. The lowest BCUT2D eigenvalue weighted by Crippen LogP contribution is -2.30. The zero-order chi connectivity index (χ0) is 12.5. The van der Waals surface area contributed by atoms with Gasteiger partial charge in [-0.3, -0.25) is 4.79 Å². The molecular formula is C14H20N2O2. The van der Waals surface area contributed by atoms with Crippen LogP contribution in [0.25, 0.3) is 0 Å². The van der Waals surface area contributed by atoms with Crippen LogP contribution in [0.2, 0.25) is 0 Å². The van der Waals surface area contributed by atoms with Crippen LogP contribution in [0.3, 0.4) is 0 Å². The van der Waals surface area contributed by atoms with Gasteiger partial charge in [-0.05, 0) is 50.2 Å². The lowest BCUT2D eigenvalue weighted by atomic mass is 10.1. The van der Waals surface area contributed by atoms with Crippen molar-refractivity contribution < 1.29 is 9.90 Å². The van der Waals surface area contributed by atoms with Crippen molar-refractivity contribution in [1.82, 2.24) is 9.88 Å². The van der Waals surface area contributed by atoms with Gasteiger partial charge < -0.3 is 15.0 Å². The van der Waals surface area contributed by atoms with Gasteiger partial charge in [-0.25, -0.2) is 0 Å². The third kappa shape index (κ3) is 2.43. The van der Waals surface area contributed by atoms with Crippen LogP contribution >= 0.6 is 0 Å². The average molecular weight is 248 g/mol. The summed E-state index contributed by atoms with van der Waals surface area (Å²) in [5.41, 5.74) is 0.774. The maximum atomic E-state index is 12.1. The number of aliphatic hydroxyl groups is 1. The van der Waals surface area contributed by atoms with Gasteiger partial charge in [0, 0.05) is 18.8 Å². The van der Waals surface area contributed by atoms with Gasteiger partial charge in [0.25, 0.3) is 5.91 Å². The Bertz CT molecular complexity index is 437. The lowest BCUT2D eigenvalue weighted by Gasteiger charge is -2.12. The normalized spacial score (nSPS) is 27.4. The Hall–Kier alpha value is -1.29. The molecule has 1 aromatic heterocycles. The monoisotopic (exact) mass is 248 g/mol. The fraction of sp³-hybridized carbons (Fsp3) is 0.643. The van der Waals surface area contributed by atoms with E-state index in [1.54, 1.807) is 0 Å². The highest BCUT2D eigenvalue weighted by atomic mass is 16.3. The topological polar surface area (TPSA) is 54.3 Å². The number of rotatable bonds is 4. The number of hydrogen-bond donors (Lipinski definition) is 2. The lowest BCUT2D eigenvalue weighted by molar-refractivity contribution is 0.0935. The van der Waals surface area contributed by atoms with Gasteiger partial charge in [0.15, 0.2) is 0 Å². The van der Waals surface area contributed by atoms with E-state index in [2.05, 4.69) is 9.88 Å². The standard InChI is InChI=1S/C14H20N2O2/c17-12-6-3-10(8-12)9-15-14(18)13-2-1-7-16(13)11-4-5-11/h1-2,7,10-12,17H,3-6,8-9H2,(H,15,18). The molecule has 3 rings (SSSR count). The van der Waals surface area contributed by atoms with E-state index in [-0.39, 0.29) is 12.0 Å². The van der Waals surface area contributed by atoms with E-state index in [9.17, 15) is 9.90 Å². The van der Waals surface area contributed by atoms with Crippen molar-refractivity contribution in [3.05, 3.63) is 24.0 Å². The number of carbonyl (C=O) groups excluding carboxylic acids is 1. The van der Waals surface area contributed by atoms with Crippen molar-refractivity contribution in [2.75, 3.05) is 6.54 Å². The SMILES string of the molecule is O=C(NCC1CCC(O)C1)c1cccn1C1CC1. The quantitative estimate of drug-likeness (QED) is 0.852. The van der Waals surface area contributed by atoms with Gasteiger partial charge in [0.1, 0.15) is 5.69 Å². The molecule has 0 bridgehead atoms. The van der Waals surface area contributed by atoms with Crippen LogP contribution < -0.4 is 5.32 Å². The molecule has 0 saturated heterocycles. The van der Waals surface area contributed by atoms with Crippen LogP contribution in [-0.4, -0.2) is 28.2 Å². The Morgan fingerprint density at radius 3 is 2.89 bits per heavy atom. The van der Waals surface area contributed by atoms with Crippen molar-refractivity contribution in [1.29, 1.82) is 0 Å². The number of carbonyl (C=O) groups is 1. The van der Waals surface area contributed by atoms with Crippen molar-refractivity contribution in [3.8, 4) is 0 Å². The van der Waals surface area contributed by atoms with Crippen molar-refractivity contribution in [2.45, 2.75) is 44.2 Å². The molecule has 0 aromatic carbocycles. The number of nitrogens with zero attached hydrogens (tertiary/aromatic N) is 1. The zero-order valence-corrected chi connectivity index (χ0v) is 10.5. The van der Waals surface area contributed by atoms with Gasteiger partial charge in [-0.2, -0.15) is 0 Å². The van der Waals surface area contributed by atoms with Crippen LogP contribution in [-0.2, 0) is 0 Å². The molecular weight excluding hydrogens is 228 g/mol. The summed E-state index contributed by atoms with van der Waals surface area (Å²) in [5, 5.41) is 12.5. The fourth-order valence-corrected chi connectivity index (χ4v) is 2.82. The summed E-state index contributed by atoms with van der Waals surface area (Å²) >= 11 is 0. The Balaban J connectivity index is 1.56. The summed E-state index contributed by atoms with van der Waals surface area (Å²) in [4.78, 5) is 12.1. The molecule has 98 valence electrons. The van der Waals surface area contributed by atoms with Crippen LogP contribution in [0.4, 0.5) is 0 Å². The van der Waals surface area contributed by atoms with Gasteiger partial charge >= 0.3 is 0 Å². The molecule has 4 nitrogen and oxygen atoms in total. The predicted molar refractivity (Wildman–Crippen MR) is 68.4 cm³/mol. The molecule has 1 amide bonds. The van der Waals surface area contributed by atoms with E-state index in [0.717, 1.165) is 25.0 Å². The largest absolute Gasteiger partial charge is 0.393 e. The van der Waals surface area contributed by atoms with Gasteiger partial charge in [-0.15, -0.1) is 0 Å². The molecule has 2 aliphatic carbocycles. The third-order valence-electron chi connectivity index (χ3n) is 4.02. The highest BCUT2D eigenvalue weighted by molar-refractivity contribution is 5.92. The second-order valence-electron chi connectivity index (χ2n) is 5.57. The minimum absolute atomic E-state index is 0.0216. The molecule has 2 fully saturated rings. The first-order valence-corrected chi connectivity index (χ1v) is 6.87. The smallest absolute Gasteiger partial charge is 0.267 e. The summed E-state index contributed by atoms with van der Waals surface area (Å²) in [5.74, 6) is 0.460. The molecule has 4 heteroatoms. The molecule has 18 heavy (non-hydrogen) atoms. The minimum Gasteiger partial charge on any atom is -0.393 e. The Labute approximate surface area is 107 Å². The first-order valence-electron chi connectivity index (χ1n) is 6.87. The van der Waals surface area contributed by atoms with Crippen molar-refractivity contribution in [2.24, 2.45) is 5.92 Å². The molecule has 2 saturated carbocycles. The van der Waals surface area contributed by atoms with E-state index >= 15 is 0 Å². The number of nitrogens with one attached hydrogen (secondary N) is 1. The van der Waals surface area contributed by atoms with E-state index in [1.807, 2.05) is 18.3 Å². The first kappa shape index (κ1) is 11.8. The maximum absolute atomic E-state index is 12.1. The van der Waals surface area contributed by atoms with Crippen molar-refractivity contribution in [3.63, 3.8) is 0 Å². The molecule has 0 radical (unpaired) electrons. The Morgan fingerprint density at radius 1 is 1.39 bits per heavy atom. The third-order valence-corrected chi connectivity index (χ3v) is 4.02. The maximum Gasteiger partial charge on any atom is 0.267 e. The van der Waals surface area contributed by atoms with Crippen LogP contribution in [0.5, 0.6) is 0 Å². The summed E-state index contributed by atoms with van der Waals surface area (Å²) < 4.78 is 2.08. The van der Waals surface area contributed by atoms with E-state index in [0.29, 0.717) is 18.5 Å². The highest BCUT2D eigenvalue weighted by Crippen LogP contribution is 2.36. The highest BCUT2D eigenvalue weighted by Gasteiger charge is 2.27. The molecule has 2 unspecified atom stereocenters. The minimum atomic E-state index is -0.165. The average Bonchev–Trinajstić information content (AvgIpc) is 2.94. The Kier molecular flexibility index (Phi) is 3.12.